The van der Waals surface area contributed by atoms with E-state index in [0.29, 0.717) is 11.2 Å². The Balaban J connectivity index is 2.26. The Labute approximate surface area is 115 Å². The molecule has 8 heteroatoms. The molecule has 0 N–H and O–H groups in total. The molecule has 1 aromatic rings. The molecule has 0 bridgehead atoms. The minimum atomic E-state index is -0.963. The maximum Gasteiger partial charge on any atom is 0.649 e. The standard InChI is InChI=1S/C11H15BN2O4S/c1-4-8-11(19-7(2)13-8)12-17-9(15)5-14(3)6-10(16)18-12/h4-6H2,1-3H3. The predicted molar refractivity (Wildman–Crippen MR) is 71.3 cm³/mol. The number of nitrogens with zero attached hydrogens (tertiary/aromatic N) is 2. The lowest BCUT2D eigenvalue weighted by atomic mass is 9.85. The molecule has 2 heterocycles. The monoisotopic (exact) mass is 282 g/mol. The quantitative estimate of drug-likeness (QED) is 0.696. The molecule has 0 radical (unpaired) electrons. The van der Waals surface area contributed by atoms with E-state index in [1.165, 1.54) is 11.3 Å². The largest absolute Gasteiger partial charge is 0.649 e. The first-order valence-electron chi connectivity index (χ1n) is 6.03. The maximum absolute atomic E-state index is 11.7. The van der Waals surface area contributed by atoms with Gasteiger partial charge in [-0.2, -0.15) is 0 Å². The van der Waals surface area contributed by atoms with Crippen LogP contribution in [0.4, 0.5) is 0 Å². The van der Waals surface area contributed by atoms with E-state index in [1.807, 2.05) is 13.8 Å². The molecule has 1 saturated heterocycles. The Morgan fingerprint density at radius 2 is 1.89 bits per heavy atom. The normalized spacial score (nSPS) is 17.7. The SMILES string of the molecule is CCc1nc(C)sc1B1OC(=O)CN(C)CC(=O)O1. The van der Waals surface area contributed by atoms with Crippen LogP contribution in [-0.2, 0) is 25.3 Å². The van der Waals surface area contributed by atoms with Gasteiger partial charge in [0.15, 0.2) is 0 Å². The number of likely N-dealkylation sites (N-methyl/N-ethyl adjacent to an activating group) is 1. The summed E-state index contributed by atoms with van der Waals surface area (Å²) in [6.07, 6.45) is 0.700. The Morgan fingerprint density at radius 1 is 1.32 bits per heavy atom. The number of hydrogen-bond acceptors (Lipinski definition) is 7. The lowest BCUT2D eigenvalue weighted by Crippen LogP contribution is -2.47. The van der Waals surface area contributed by atoms with Crippen molar-refractivity contribution in [2.45, 2.75) is 20.3 Å². The van der Waals surface area contributed by atoms with E-state index < -0.39 is 19.1 Å². The summed E-state index contributed by atoms with van der Waals surface area (Å²) in [6.45, 7) is 3.97. The van der Waals surface area contributed by atoms with Crippen LogP contribution in [-0.4, -0.2) is 49.1 Å². The molecule has 1 aliphatic rings. The van der Waals surface area contributed by atoms with Crippen molar-refractivity contribution < 1.29 is 18.9 Å². The number of rotatable bonds is 2. The molecule has 1 aromatic heterocycles. The van der Waals surface area contributed by atoms with Gasteiger partial charge in [0.25, 0.3) is 0 Å². The Bertz CT molecular complexity index is 485. The molecule has 0 amide bonds. The van der Waals surface area contributed by atoms with Gasteiger partial charge in [-0.05, 0) is 20.4 Å². The zero-order valence-corrected chi connectivity index (χ0v) is 12.0. The smallest absolute Gasteiger partial charge is 0.494 e. The topological polar surface area (TPSA) is 68.7 Å². The predicted octanol–water partition coefficient (Wildman–Crippen LogP) is -0.259. The minimum absolute atomic E-state index is 0.0743. The van der Waals surface area contributed by atoms with Gasteiger partial charge in [0.2, 0.25) is 0 Å². The number of carbonyl (C=O) groups is 2. The molecule has 0 saturated carbocycles. The van der Waals surface area contributed by atoms with Crippen LogP contribution >= 0.6 is 11.3 Å². The van der Waals surface area contributed by atoms with Crippen molar-refractivity contribution in [3.8, 4) is 0 Å². The van der Waals surface area contributed by atoms with E-state index in [9.17, 15) is 9.59 Å². The fourth-order valence-corrected chi connectivity index (χ4v) is 2.84. The van der Waals surface area contributed by atoms with Crippen LogP contribution in [0.15, 0.2) is 0 Å². The molecule has 0 unspecified atom stereocenters. The summed E-state index contributed by atoms with van der Waals surface area (Å²) in [7, 11) is 0.701. The van der Waals surface area contributed by atoms with Crippen LogP contribution < -0.4 is 4.78 Å². The van der Waals surface area contributed by atoms with E-state index in [0.717, 1.165) is 10.7 Å². The van der Waals surface area contributed by atoms with Crippen molar-refractivity contribution in [1.29, 1.82) is 0 Å². The van der Waals surface area contributed by atoms with E-state index in [1.54, 1.807) is 11.9 Å². The van der Waals surface area contributed by atoms with Crippen LogP contribution in [0.25, 0.3) is 0 Å². The molecule has 2 rings (SSSR count). The van der Waals surface area contributed by atoms with Gasteiger partial charge in [0.05, 0.1) is 28.6 Å². The fourth-order valence-electron chi connectivity index (χ4n) is 1.86. The summed E-state index contributed by atoms with van der Waals surface area (Å²) in [5.41, 5.74) is 0.807. The molecule has 19 heavy (non-hydrogen) atoms. The lowest BCUT2D eigenvalue weighted by molar-refractivity contribution is -0.145. The zero-order valence-electron chi connectivity index (χ0n) is 11.1. The highest BCUT2D eigenvalue weighted by Crippen LogP contribution is 2.11. The summed E-state index contributed by atoms with van der Waals surface area (Å²) in [5.74, 6) is -0.818. The molecule has 1 aliphatic heterocycles. The van der Waals surface area contributed by atoms with E-state index >= 15 is 0 Å². The summed E-state index contributed by atoms with van der Waals surface area (Å²) >= 11 is 1.39. The van der Waals surface area contributed by atoms with E-state index in [2.05, 4.69) is 4.98 Å². The molecule has 6 nitrogen and oxygen atoms in total. The van der Waals surface area contributed by atoms with Gasteiger partial charge in [-0.15, -0.1) is 11.3 Å². The van der Waals surface area contributed by atoms with Crippen LogP contribution in [0.5, 0.6) is 0 Å². The van der Waals surface area contributed by atoms with Crippen LogP contribution in [0.1, 0.15) is 17.6 Å². The highest BCUT2D eigenvalue weighted by molar-refractivity contribution is 7.22. The van der Waals surface area contributed by atoms with Crippen LogP contribution in [0.2, 0.25) is 0 Å². The van der Waals surface area contributed by atoms with Crippen LogP contribution in [0, 0.1) is 6.92 Å². The number of thiazole rings is 1. The molecule has 1 fully saturated rings. The third-order valence-electron chi connectivity index (χ3n) is 2.66. The highest BCUT2D eigenvalue weighted by Gasteiger charge is 2.37. The Kier molecular flexibility index (Phi) is 4.21. The summed E-state index contributed by atoms with van der Waals surface area (Å²) in [4.78, 5) is 29.2. The molecule has 102 valence electrons. The first-order valence-corrected chi connectivity index (χ1v) is 6.85. The second-order valence-electron chi connectivity index (χ2n) is 4.38. The number of aryl methyl sites for hydroxylation is 2. The van der Waals surface area contributed by atoms with Crippen molar-refractivity contribution in [3.63, 3.8) is 0 Å². The average molecular weight is 282 g/mol. The third kappa shape index (κ3) is 3.33. The molecule has 0 spiro atoms. The second kappa shape index (κ2) is 5.71. The van der Waals surface area contributed by atoms with E-state index in [4.69, 9.17) is 9.31 Å². The molecule has 0 aliphatic carbocycles. The average Bonchev–Trinajstić information content (AvgIpc) is 2.67. The second-order valence-corrected chi connectivity index (χ2v) is 5.62. The summed E-state index contributed by atoms with van der Waals surface area (Å²) in [5, 5.41) is 0.859. The van der Waals surface area contributed by atoms with Gasteiger partial charge in [0.1, 0.15) is 0 Å². The molecule has 0 aromatic carbocycles. The zero-order chi connectivity index (χ0) is 14.0. The van der Waals surface area contributed by atoms with Gasteiger partial charge in [-0.3, -0.25) is 14.5 Å². The Hall–Kier alpha value is -1.41. The van der Waals surface area contributed by atoms with E-state index in [-0.39, 0.29) is 13.1 Å². The van der Waals surface area contributed by atoms with Crippen molar-refractivity contribution in [1.82, 2.24) is 9.88 Å². The summed E-state index contributed by atoms with van der Waals surface area (Å²) in [6, 6.07) is 0. The van der Waals surface area contributed by atoms with Gasteiger partial charge < -0.3 is 9.31 Å². The number of aromatic nitrogens is 1. The van der Waals surface area contributed by atoms with Crippen molar-refractivity contribution in [2.24, 2.45) is 0 Å². The molecule has 0 atom stereocenters. The van der Waals surface area contributed by atoms with Crippen molar-refractivity contribution in [2.75, 3.05) is 20.1 Å². The van der Waals surface area contributed by atoms with Gasteiger partial charge >= 0.3 is 19.1 Å². The lowest BCUT2D eigenvalue weighted by Gasteiger charge is -2.22. The molecular formula is C11H15BN2O4S. The molecular weight excluding hydrogens is 267 g/mol. The van der Waals surface area contributed by atoms with Crippen molar-refractivity contribution in [3.05, 3.63) is 10.7 Å². The number of carbonyl (C=O) groups excluding carboxylic acids is 2. The fraction of sp³-hybridized carbons (Fsp3) is 0.545. The first kappa shape index (κ1) is 14.0. The van der Waals surface area contributed by atoms with Crippen LogP contribution in [0.3, 0.4) is 0 Å². The van der Waals surface area contributed by atoms with Gasteiger partial charge in [0, 0.05) is 0 Å². The van der Waals surface area contributed by atoms with Crippen molar-refractivity contribution >= 4 is 35.2 Å². The Morgan fingerprint density at radius 3 is 2.42 bits per heavy atom. The van der Waals surface area contributed by atoms with Gasteiger partial charge in [-0.1, -0.05) is 6.92 Å². The van der Waals surface area contributed by atoms with Gasteiger partial charge in [-0.25, -0.2) is 4.98 Å². The maximum atomic E-state index is 11.7. The minimum Gasteiger partial charge on any atom is -0.494 e. The number of hydrogen-bond donors (Lipinski definition) is 0. The third-order valence-corrected chi connectivity index (χ3v) is 3.69. The highest BCUT2D eigenvalue weighted by atomic mass is 32.1. The summed E-state index contributed by atoms with van der Waals surface area (Å²) < 4.78 is 11.1. The first-order chi connectivity index (χ1) is 8.99.